The van der Waals surface area contributed by atoms with Gasteiger partial charge in [-0.05, 0) is 31.9 Å². The molecule has 0 aromatic carbocycles. The minimum atomic E-state index is -0.827. The van der Waals surface area contributed by atoms with Crippen LogP contribution in [0.2, 0.25) is 0 Å². The molecule has 0 fully saturated rings. The lowest BCUT2D eigenvalue weighted by molar-refractivity contribution is -0.521. The van der Waals surface area contributed by atoms with Gasteiger partial charge in [-0.25, -0.2) is 9.59 Å². The predicted octanol–water partition coefficient (Wildman–Crippen LogP) is 2.42. The van der Waals surface area contributed by atoms with Gasteiger partial charge in [0, 0.05) is 30.4 Å². The Labute approximate surface area is 140 Å². The molecule has 0 radical (unpaired) electrons. The van der Waals surface area contributed by atoms with Gasteiger partial charge in [0.25, 0.3) is 0 Å². The highest BCUT2D eigenvalue weighted by Crippen LogP contribution is 2.35. The molecule has 1 heterocycles. The third-order valence-electron chi connectivity index (χ3n) is 3.92. The largest absolute Gasteiger partial charge is 0.467 e. The van der Waals surface area contributed by atoms with Crippen molar-refractivity contribution >= 4 is 12.1 Å². The van der Waals surface area contributed by atoms with Gasteiger partial charge in [0.2, 0.25) is 6.04 Å². The van der Waals surface area contributed by atoms with E-state index in [9.17, 15) is 19.7 Å². The van der Waals surface area contributed by atoms with Crippen LogP contribution in [-0.2, 0) is 14.3 Å². The lowest BCUT2D eigenvalue weighted by Crippen LogP contribution is -2.47. The van der Waals surface area contributed by atoms with Crippen LogP contribution >= 0.6 is 0 Å². The van der Waals surface area contributed by atoms with E-state index in [0.717, 1.165) is 5.57 Å². The first kappa shape index (κ1) is 18.0. The van der Waals surface area contributed by atoms with Gasteiger partial charge >= 0.3 is 12.1 Å². The number of nitro groups is 1. The second-order valence-corrected chi connectivity index (χ2v) is 6.89. The van der Waals surface area contributed by atoms with Gasteiger partial charge in [-0.15, -0.1) is 0 Å². The average Bonchev–Trinajstić information content (AvgIpc) is 2.50. The molecule has 2 rings (SSSR count). The monoisotopic (exact) mass is 338 g/mol. The van der Waals surface area contributed by atoms with Crippen LogP contribution in [0.1, 0.15) is 40.0 Å². The number of hydrogen-bond donors (Lipinski definition) is 0. The fourth-order valence-electron chi connectivity index (χ4n) is 2.78. The number of nitrogens with zero attached hydrogens (tertiary/aromatic N) is 2. The molecule has 2 aliphatic rings. The van der Waals surface area contributed by atoms with Gasteiger partial charge in [0.05, 0.1) is 7.11 Å². The maximum Gasteiger partial charge on any atom is 0.415 e. The fourth-order valence-corrected chi connectivity index (χ4v) is 2.78. The SMILES string of the molecule is COC(=O)C1CC2=CC[C@H]([N+](=O)[O-])CC2=CN1C(=O)OC(C)(C)C. The van der Waals surface area contributed by atoms with Gasteiger partial charge in [-0.3, -0.25) is 15.0 Å². The second-order valence-electron chi connectivity index (χ2n) is 6.89. The standard InChI is InChI=1S/C16H22N2O6/c1-16(2,3)24-15(20)17-9-11-7-12(18(21)22)6-5-10(11)8-13(17)14(19)23-4/h5,9,12-13H,6-8H2,1-4H3/t12-,13?/m0/s1. The third kappa shape index (κ3) is 3.93. The maximum absolute atomic E-state index is 12.4. The molecule has 24 heavy (non-hydrogen) atoms. The first-order valence-corrected chi connectivity index (χ1v) is 7.75. The van der Waals surface area contributed by atoms with E-state index in [0.29, 0.717) is 12.0 Å². The number of carbonyl (C=O) groups is 2. The zero-order valence-corrected chi connectivity index (χ0v) is 14.3. The Morgan fingerprint density at radius 3 is 2.50 bits per heavy atom. The summed E-state index contributed by atoms with van der Waals surface area (Å²) < 4.78 is 10.1. The van der Waals surface area contributed by atoms with Crippen molar-refractivity contribution in [3.05, 3.63) is 33.5 Å². The number of methoxy groups -OCH3 is 1. The number of carbonyl (C=O) groups excluding carboxylic acids is 2. The van der Waals surface area contributed by atoms with Crippen molar-refractivity contribution < 1.29 is 24.0 Å². The van der Waals surface area contributed by atoms with Crippen LogP contribution < -0.4 is 0 Å². The molecule has 132 valence electrons. The molecule has 1 amide bonds. The zero-order chi connectivity index (χ0) is 18.1. The van der Waals surface area contributed by atoms with E-state index in [-0.39, 0.29) is 17.8 Å². The number of amides is 1. The van der Waals surface area contributed by atoms with Crippen molar-refractivity contribution in [3.63, 3.8) is 0 Å². The molecular formula is C16H22N2O6. The minimum Gasteiger partial charge on any atom is -0.467 e. The van der Waals surface area contributed by atoms with Crippen molar-refractivity contribution in [1.29, 1.82) is 0 Å². The predicted molar refractivity (Wildman–Crippen MR) is 84.7 cm³/mol. The molecule has 0 saturated heterocycles. The Morgan fingerprint density at radius 1 is 1.29 bits per heavy atom. The van der Waals surface area contributed by atoms with E-state index >= 15 is 0 Å². The summed E-state index contributed by atoms with van der Waals surface area (Å²) in [4.78, 5) is 36.4. The molecule has 0 saturated carbocycles. The normalized spacial score (nSPS) is 23.6. The van der Waals surface area contributed by atoms with Crippen molar-refractivity contribution in [2.45, 2.75) is 57.7 Å². The van der Waals surface area contributed by atoms with Gasteiger partial charge in [0.1, 0.15) is 11.6 Å². The van der Waals surface area contributed by atoms with Crippen LogP contribution in [-0.4, -0.2) is 46.7 Å². The van der Waals surface area contributed by atoms with Crippen molar-refractivity contribution in [2.24, 2.45) is 0 Å². The van der Waals surface area contributed by atoms with Crippen LogP contribution in [0.3, 0.4) is 0 Å². The van der Waals surface area contributed by atoms with E-state index < -0.39 is 29.7 Å². The lowest BCUT2D eigenvalue weighted by atomic mass is 9.84. The number of fused-ring (bicyclic) bond motifs is 1. The number of hydrogen-bond acceptors (Lipinski definition) is 6. The summed E-state index contributed by atoms with van der Waals surface area (Å²) in [6.07, 6.45) is 3.40. The Morgan fingerprint density at radius 2 is 1.96 bits per heavy atom. The summed E-state index contributed by atoms with van der Waals surface area (Å²) in [7, 11) is 1.26. The van der Waals surface area contributed by atoms with Crippen LogP contribution in [0, 0.1) is 10.1 Å². The molecule has 0 N–H and O–H groups in total. The first-order chi connectivity index (χ1) is 11.1. The van der Waals surface area contributed by atoms with Crippen molar-refractivity contribution in [3.8, 4) is 0 Å². The molecule has 2 atom stereocenters. The van der Waals surface area contributed by atoms with E-state index in [1.807, 2.05) is 0 Å². The van der Waals surface area contributed by atoms with Gasteiger partial charge < -0.3 is 9.47 Å². The highest BCUT2D eigenvalue weighted by molar-refractivity contribution is 5.83. The van der Waals surface area contributed by atoms with Gasteiger partial charge in [0.15, 0.2) is 0 Å². The number of esters is 1. The molecule has 8 nitrogen and oxygen atoms in total. The van der Waals surface area contributed by atoms with E-state index in [4.69, 9.17) is 9.47 Å². The smallest absolute Gasteiger partial charge is 0.415 e. The molecule has 1 aliphatic heterocycles. The second kappa shape index (κ2) is 6.62. The number of ether oxygens (including phenoxy) is 2. The van der Waals surface area contributed by atoms with Crippen LogP contribution in [0.4, 0.5) is 4.79 Å². The Hall–Kier alpha value is -2.38. The molecular weight excluding hydrogens is 316 g/mol. The summed E-state index contributed by atoms with van der Waals surface area (Å²) in [6.45, 7) is 5.18. The molecule has 1 unspecified atom stereocenters. The van der Waals surface area contributed by atoms with Crippen LogP contribution in [0.25, 0.3) is 0 Å². The highest BCUT2D eigenvalue weighted by Gasteiger charge is 2.39. The van der Waals surface area contributed by atoms with Gasteiger partial charge in [-0.1, -0.05) is 6.08 Å². The van der Waals surface area contributed by atoms with Crippen LogP contribution in [0.15, 0.2) is 23.4 Å². The zero-order valence-electron chi connectivity index (χ0n) is 14.3. The van der Waals surface area contributed by atoms with E-state index in [2.05, 4.69) is 0 Å². The fraction of sp³-hybridized carbons (Fsp3) is 0.625. The van der Waals surface area contributed by atoms with E-state index in [1.54, 1.807) is 26.8 Å². The third-order valence-corrected chi connectivity index (χ3v) is 3.92. The Bertz CT molecular complexity index is 617. The molecule has 0 bridgehead atoms. The van der Waals surface area contributed by atoms with Crippen molar-refractivity contribution in [1.82, 2.24) is 4.90 Å². The summed E-state index contributed by atoms with van der Waals surface area (Å²) >= 11 is 0. The Balaban J connectivity index is 2.33. The van der Waals surface area contributed by atoms with Gasteiger partial charge in [-0.2, -0.15) is 0 Å². The summed E-state index contributed by atoms with van der Waals surface area (Å²) in [5, 5.41) is 11.0. The number of rotatable bonds is 2. The van der Waals surface area contributed by atoms with E-state index in [1.165, 1.54) is 18.2 Å². The summed E-state index contributed by atoms with van der Waals surface area (Å²) in [5.41, 5.74) is 0.819. The topological polar surface area (TPSA) is 99.0 Å². The van der Waals surface area contributed by atoms with Crippen molar-refractivity contribution in [2.75, 3.05) is 7.11 Å². The average molecular weight is 338 g/mol. The first-order valence-electron chi connectivity index (χ1n) is 7.75. The highest BCUT2D eigenvalue weighted by atomic mass is 16.6. The maximum atomic E-state index is 12.4. The summed E-state index contributed by atoms with van der Waals surface area (Å²) in [6, 6.07) is -1.54. The molecule has 0 aromatic heterocycles. The van der Waals surface area contributed by atoms with Crippen LogP contribution in [0.5, 0.6) is 0 Å². The molecule has 0 spiro atoms. The summed E-state index contributed by atoms with van der Waals surface area (Å²) in [5.74, 6) is -0.548. The molecule has 0 aromatic rings. The minimum absolute atomic E-state index is 0.228. The lowest BCUT2D eigenvalue weighted by Gasteiger charge is -2.35. The molecule has 1 aliphatic carbocycles. The molecule has 8 heteroatoms. The quantitative estimate of drug-likeness (QED) is 0.435. The Kier molecular flexibility index (Phi) is 4.96.